The highest BCUT2D eigenvalue weighted by Crippen LogP contribution is 2.35. The topological polar surface area (TPSA) is 75.2 Å². The number of aromatic nitrogens is 2. The molecule has 4 rings (SSSR count). The van der Waals surface area contributed by atoms with Gasteiger partial charge in [-0.3, -0.25) is 9.59 Å². The van der Waals surface area contributed by atoms with Gasteiger partial charge in [-0.15, -0.1) is 10.2 Å². The second kappa shape index (κ2) is 8.93. The van der Waals surface area contributed by atoms with E-state index in [1.165, 1.54) is 11.3 Å². The molecule has 154 valence electrons. The number of amides is 2. The van der Waals surface area contributed by atoms with E-state index in [0.717, 1.165) is 21.8 Å². The van der Waals surface area contributed by atoms with Gasteiger partial charge in [0.05, 0.1) is 0 Å². The van der Waals surface area contributed by atoms with E-state index < -0.39 is 0 Å². The number of benzene rings is 2. The fourth-order valence-electron chi connectivity index (χ4n) is 3.41. The summed E-state index contributed by atoms with van der Waals surface area (Å²) in [6.07, 6.45) is 1.41. The number of hydrogen-bond acceptors (Lipinski definition) is 5. The zero-order valence-electron chi connectivity index (χ0n) is 16.5. The average Bonchev–Trinajstić information content (AvgIpc) is 3.36. The summed E-state index contributed by atoms with van der Waals surface area (Å²) >= 11 is 7.54. The van der Waals surface area contributed by atoms with Gasteiger partial charge in [-0.1, -0.05) is 59.3 Å². The van der Waals surface area contributed by atoms with E-state index in [4.69, 9.17) is 11.6 Å². The molecule has 1 atom stereocenters. The minimum atomic E-state index is -0.0972. The van der Waals surface area contributed by atoms with Crippen molar-refractivity contribution in [2.24, 2.45) is 0 Å². The summed E-state index contributed by atoms with van der Waals surface area (Å²) in [5.74, 6) is -0.117. The zero-order valence-corrected chi connectivity index (χ0v) is 18.0. The lowest BCUT2D eigenvalue weighted by Gasteiger charge is -2.17. The standard InChI is InChI=1S/C22H21ClN4O2S/c1-14-7-9-17(12-18(14)23)27-13-16(11-20(27)29)21-25-26-22(30-21)24-19(28)10-8-15-5-3-2-4-6-15/h2-7,9,12,16H,8,10-11,13H2,1H3,(H,24,26,28)/t16-/m1/s1. The number of aryl methyl sites for hydroxylation is 2. The maximum absolute atomic E-state index is 12.5. The van der Waals surface area contributed by atoms with E-state index in [2.05, 4.69) is 15.5 Å². The maximum atomic E-state index is 12.5. The maximum Gasteiger partial charge on any atom is 0.227 e. The van der Waals surface area contributed by atoms with Crippen molar-refractivity contribution in [3.63, 3.8) is 0 Å². The van der Waals surface area contributed by atoms with Crippen LogP contribution in [0.5, 0.6) is 0 Å². The lowest BCUT2D eigenvalue weighted by molar-refractivity contribution is -0.117. The third-order valence-corrected chi connectivity index (χ3v) is 6.52. The molecule has 0 aliphatic carbocycles. The Morgan fingerprint density at radius 2 is 2.03 bits per heavy atom. The van der Waals surface area contributed by atoms with Gasteiger partial charge in [0.25, 0.3) is 0 Å². The molecule has 1 aliphatic rings. The normalized spacial score (nSPS) is 16.1. The third-order valence-electron chi connectivity index (χ3n) is 5.11. The van der Waals surface area contributed by atoms with E-state index in [9.17, 15) is 9.59 Å². The Balaban J connectivity index is 1.36. The van der Waals surface area contributed by atoms with Crippen LogP contribution in [0.15, 0.2) is 48.5 Å². The summed E-state index contributed by atoms with van der Waals surface area (Å²) in [7, 11) is 0. The molecule has 0 unspecified atom stereocenters. The van der Waals surface area contributed by atoms with Gasteiger partial charge in [0.15, 0.2) is 0 Å². The van der Waals surface area contributed by atoms with Crippen LogP contribution in [-0.4, -0.2) is 28.6 Å². The molecule has 3 aromatic rings. The van der Waals surface area contributed by atoms with Gasteiger partial charge in [-0.25, -0.2) is 0 Å². The van der Waals surface area contributed by atoms with Crippen molar-refractivity contribution in [1.82, 2.24) is 10.2 Å². The second-order valence-electron chi connectivity index (χ2n) is 7.32. The fraction of sp³-hybridized carbons (Fsp3) is 0.273. The molecule has 8 heteroatoms. The minimum Gasteiger partial charge on any atom is -0.312 e. The summed E-state index contributed by atoms with van der Waals surface area (Å²) in [5, 5.41) is 13.0. The van der Waals surface area contributed by atoms with Crippen molar-refractivity contribution in [1.29, 1.82) is 0 Å². The predicted molar refractivity (Wildman–Crippen MR) is 119 cm³/mol. The molecule has 6 nitrogen and oxygen atoms in total. The highest BCUT2D eigenvalue weighted by molar-refractivity contribution is 7.15. The van der Waals surface area contributed by atoms with Gasteiger partial charge in [0, 0.05) is 36.0 Å². The first-order chi connectivity index (χ1) is 14.5. The Bertz CT molecular complexity index is 1070. The molecule has 0 saturated carbocycles. The zero-order chi connectivity index (χ0) is 21.1. The number of hydrogen-bond donors (Lipinski definition) is 1. The van der Waals surface area contributed by atoms with E-state index in [-0.39, 0.29) is 17.7 Å². The molecule has 2 aromatic carbocycles. The van der Waals surface area contributed by atoms with Crippen molar-refractivity contribution in [2.45, 2.75) is 32.1 Å². The first kappa shape index (κ1) is 20.5. The fourth-order valence-corrected chi connectivity index (χ4v) is 4.43. The molecule has 1 fully saturated rings. The molecule has 0 bridgehead atoms. The third kappa shape index (κ3) is 4.68. The van der Waals surface area contributed by atoms with Crippen molar-refractivity contribution < 1.29 is 9.59 Å². The Kier molecular flexibility index (Phi) is 6.11. The van der Waals surface area contributed by atoms with Crippen LogP contribution >= 0.6 is 22.9 Å². The molecule has 0 spiro atoms. The van der Waals surface area contributed by atoms with Crippen LogP contribution in [0.3, 0.4) is 0 Å². The largest absolute Gasteiger partial charge is 0.312 e. The van der Waals surface area contributed by atoms with E-state index in [1.807, 2.05) is 55.5 Å². The van der Waals surface area contributed by atoms with Crippen LogP contribution in [0.1, 0.15) is 34.9 Å². The summed E-state index contributed by atoms with van der Waals surface area (Å²) in [5.41, 5.74) is 2.88. The first-order valence-electron chi connectivity index (χ1n) is 9.73. The van der Waals surface area contributed by atoms with Crippen molar-refractivity contribution in [2.75, 3.05) is 16.8 Å². The van der Waals surface area contributed by atoms with Crippen molar-refractivity contribution in [3.8, 4) is 0 Å². The molecule has 30 heavy (non-hydrogen) atoms. The molecule has 1 aliphatic heterocycles. The number of nitrogens with zero attached hydrogens (tertiary/aromatic N) is 3. The van der Waals surface area contributed by atoms with E-state index in [0.29, 0.717) is 36.0 Å². The van der Waals surface area contributed by atoms with Gasteiger partial charge in [-0.05, 0) is 36.6 Å². The predicted octanol–water partition coefficient (Wildman–Crippen LogP) is 4.59. The van der Waals surface area contributed by atoms with Crippen LogP contribution < -0.4 is 10.2 Å². The second-order valence-corrected chi connectivity index (χ2v) is 8.73. The number of carbonyl (C=O) groups excluding carboxylic acids is 2. The quantitative estimate of drug-likeness (QED) is 0.608. The minimum absolute atomic E-state index is 0.0311. The van der Waals surface area contributed by atoms with Gasteiger partial charge in [0.1, 0.15) is 5.01 Å². The van der Waals surface area contributed by atoms with Crippen LogP contribution in [0.4, 0.5) is 10.8 Å². The van der Waals surface area contributed by atoms with Gasteiger partial charge in [0.2, 0.25) is 16.9 Å². The Morgan fingerprint density at radius 1 is 1.23 bits per heavy atom. The van der Waals surface area contributed by atoms with E-state index >= 15 is 0 Å². The monoisotopic (exact) mass is 440 g/mol. The summed E-state index contributed by atoms with van der Waals surface area (Å²) in [6.45, 7) is 2.45. The smallest absolute Gasteiger partial charge is 0.227 e. The molecule has 1 N–H and O–H groups in total. The molecule has 0 radical (unpaired) electrons. The first-order valence-corrected chi connectivity index (χ1v) is 10.9. The highest BCUT2D eigenvalue weighted by Gasteiger charge is 2.34. The molecule has 2 heterocycles. The number of nitrogens with one attached hydrogen (secondary N) is 1. The van der Waals surface area contributed by atoms with Crippen LogP contribution in [0.2, 0.25) is 5.02 Å². The molecular formula is C22H21ClN4O2S. The van der Waals surface area contributed by atoms with Gasteiger partial charge < -0.3 is 10.2 Å². The molecule has 1 saturated heterocycles. The lowest BCUT2D eigenvalue weighted by Crippen LogP contribution is -2.24. The molecule has 2 amide bonds. The summed E-state index contributed by atoms with van der Waals surface area (Å²) < 4.78 is 0. The lowest BCUT2D eigenvalue weighted by atomic mass is 10.1. The van der Waals surface area contributed by atoms with Crippen LogP contribution in [-0.2, 0) is 16.0 Å². The Hall–Kier alpha value is -2.77. The van der Waals surface area contributed by atoms with Crippen LogP contribution in [0.25, 0.3) is 0 Å². The SMILES string of the molecule is Cc1ccc(N2C[C@H](c3nnc(NC(=O)CCc4ccccc4)s3)CC2=O)cc1Cl. The molecule has 1 aromatic heterocycles. The summed E-state index contributed by atoms with van der Waals surface area (Å²) in [4.78, 5) is 26.5. The van der Waals surface area contributed by atoms with Crippen LogP contribution in [0, 0.1) is 6.92 Å². The molecular weight excluding hydrogens is 420 g/mol. The average molecular weight is 441 g/mol. The van der Waals surface area contributed by atoms with Crippen molar-refractivity contribution in [3.05, 3.63) is 69.7 Å². The number of carbonyl (C=O) groups is 2. The Labute approximate surface area is 183 Å². The van der Waals surface area contributed by atoms with Gasteiger partial charge >= 0.3 is 0 Å². The number of halogens is 1. The van der Waals surface area contributed by atoms with E-state index in [1.54, 1.807) is 4.90 Å². The number of anilines is 2. The van der Waals surface area contributed by atoms with Gasteiger partial charge in [-0.2, -0.15) is 0 Å². The Morgan fingerprint density at radius 3 is 2.80 bits per heavy atom. The summed E-state index contributed by atoms with van der Waals surface area (Å²) in [6, 6.07) is 15.5. The highest BCUT2D eigenvalue weighted by atomic mass is 35.5. The number of rotatable bonds is 6. The van der Waals surface area contributed by atoms with Crippen molar-refractivity contribution >= 4 is 45.6 Å².